The maximum absolute atomic E-state index is 11.0. The molecular formula is C9H14N2O. The van der Waals surface area contributed by atoms with Crippen molar-refractivity contribution >= 4 is 0 Å². The molecule has 1 aromatic heterocycles. The second-order valence-corrected chi connectivity index (χ2v) is 3.52. The molecule has 0 atom stereocenters. The summed E-state index contributed by atoms with van der Waals surface area (Å²) in [4.78, 5) is 13.7. The van der Waals surface area contributed by atoms with E-state index in [4.69, 9.17) is 5.73 Å². The molecule has 1 rings (SSSR count). The van der Waals surface area contributed by atoms with Gasteiger partial charge in [-0.05, 0) is 6.07 Å². The molecule has 0 aliphatic carbocycles. The minimum atomic E-state index is -0.152. The summed E-state index contributed by atoms with van der Waals surface area (Å²) >= 11 is 0. The van der Waals surface area contributed by atoms with Crippen molar-refractivity contribution in [3.63, 3.8) is 0 Å². The lowest BCUT2D eigenvalue weighted by Gasteiger charge is -2.21. The Hall–Kier alpha value is -1.09. The van der Waals surface area contributed by atoms with E-state index in [2.05, 4.69) is 4.98 Å². The maximum Gasteiger partial charge on any atom is 0.248 e. The molecule has 12 heavy (non-hydrogen) atoms. The largest absolute Gasteiger partial charge is 0.330 e. The molecule has 0 unspecified atom stereocenters. The van der Waals surface area contributed by atoms with Gasteiger partial charge in [-0.25, -0.2) is 0 Å². The molecule has 1 aromatic rings. The van der Waals surface area contributed by atoms with Crippen molar-refractivity contribution in [2.75, 3.05) is 6.54 Å². The van der Waals surface area contributed by atoms with Crippen LogP contribution in [0.15, 0.2) is 23.0 Å². The van der Waals surface area contributed by atoms with Crippen LogP contribution < -0.4 is 11.3 Å². The zero-order valence-electron chi connectivity index (χ0n) is 7.42. The number of nitrogens with one attached hydrogen (secondary N) is 1. The molecule has 0 amide bonds. The minimum absolute atomic E-state index is 0.0750. The summed E-state index contributed by atoms with van der Waals surface area (Å²) in [7, 11) is 0. The van der Waals surface area contributed by atoms with Gasteiger partial charge in [0.2, 0.25) is 5.56 Å². The van der Waals surface area contributed by atoms with Crippen LogP contribution >= 0.6 is 0 Å². The van der Waals surface area contributed by atoms with Crippen LogP contribution in [0.4, 0.5) is 0 Å². The highest BCUT2D eigenvalue weighted by Gasteiger charge is 2.18. The predicted octanol–water partition coefficient (Wildman–Crippen LogP) is 0.611. The molecule has 66 valence electrons. The Morgan fingerprint density at radius 2 is 2.17 bits per heavy atom. The third-order valence-electron chi connectivity index (χ3n) is 2.01. The van der Waals surface area contributed by atoms with E-state index in [1.165, 1.54) is 6.07 Å². The van der Waals surface area contributed by atoms with Crippen LogP contribution in [0.3, 0.4) is 0 Å². The Morgan fingerprint density at radius 3 is 2.67 bits per heavy atom. The van der Waals surface area contributed by atoms with Crippen LogP contribution in [-0.2, 0) is 5.41 Å². The maximum atomic E-state index is 11.0. The van der Waals surface area contributed by atoms with Gasteiger partial charge in [-0.1, -0.05) is 19.9 Å². The SMILES string of the molecule is CC(C)(CN)c1cccc(=O)[nH]1. The van der Waals surface area contributed by atoms with Crippen molar-refractivity contribution in [1.29, 1.82) is 0 Å². The number of hydrogen-bond acceptors (Lipinski definition) is 2. The first kappa shape index (κ1) is 9.00. The second-order valence-electron chi connectivity index (χ2n) is 3.52. The number of H-pyrrole nitrogens is 1. The summed E-state index contributed by atoms with van der Waals surface area (Å²) in [5.41, 5.74) is 6.23. The Kier molecular flexibility index (Phi) is 2.33. The highest BCUT2D eigenvalue weighted by Crippen LogP contribution is 2.17. The van der Waals surface area contributed by atoms with Crippen LogP contribution in [0.25, 0.3) is 0 Å². The van der Waals surface area contributed by atoms with Crippen molar-refractivity contribution in [3.8, 4) is 0 Å². The normalized spacial score (nSPS) is 11.6. The van der Waals surface area contributed by atoms with Crippen LogP contribution in [0, 0.1) is 0 Å². The Bertz CT molecular complexity index is 314. The van der Waals surface area contributed by atoms with Crippen molar-refractivity contribution in [1.82, 2.24) is 4.98 Å². The van der Waals surface area contributed by atoms with E-state index in [9.17, 15) is 4.79 Å². The van der Waals surface area contributed by atoms with Crippen LogP contribution in [0.2, 0.25) is 0 Å². The fourth-order valence-electron chi connectivity index (χ4n) is 0.953. The highest BCUT2D eigenvalue weighted by molar-refractivity contribution is 5.14. The van der Waals surface area contributed by atoms with Gasteiger partial charge in [0.15, 0.2) is 0 Å². The summed E-state index contributed by atoms with van der Waals surface area (Å²) in [5.74, 6) is 0. The quantitative estimate of drug-likeness (QED) is 0.676. The van der Waals surface area contributed by atoms with Gasteiger partial charge in [-0.2, -0.15) is 0 Å². The molecule has 0 radical (unpaired) electrons. The van der Waals surface area contributed by atoms with E-state index in [-0.39, 0.29) is 11.0 Å². The molecule has 3 N–H and O–H groups in total. The minimum Gasteiger partial charge on any atom is -0.330 e. The third-order valence-corrected chi connectivity index (χ3v) is 2.01. The first-order chi connectivity index (χ1) is 5.56. The highest BCUT2D eigenvalue weighted by atomic mass is 16.1. The van der Waals surface area contributed by atoms with Crippen molar-refractivity contribution < 1.29 is 0 Å². The molecule has 0 aromatic carbocycles. The molecule has 0 aliphatic heterocycles. The van der Waals surface area contributed by atoms with Gasteiger partial charge < -0.3 is 10.7 Å². The van der Waals surface area contributed by atoms with Gasteiger partial charge in [-0.15, -0.1) is 0 Å². The van der Waals surface area contributed by atoms with E-state index in [0.717, 1.165) is 5.69 Å². The third kappa shape index (κ3) is 1.74. The second kappa shape index (κ2) is 3.11. The summed E-state index contributed by atoms with van der Waals surface area (Å²) < 4.78 is 0. The molecule has 0 saturated heterocycles. The molecule has 0 aliphatic rings. The molecule has 0 spiro atoms. The number of hydrogen-bond donors (Lipinski definition) is 2. The number of nitrogens with two attached hydrogens (primary N) is 1. The van der Waals surface area contributed by atoms with Gasteiger partial charge in [-0.3, -0.25) is 4.79 Å². The fraction of sp³-hybridized carbons (Fsp3) is 0.444. The Labute approximate surface area is 71.6 Å². The van der Waals surface area contributed by atoms with Crippen molar-refractivity contribution in [2.24, 2.45) is 5.73 Å². The first-order valence-electron chi connectivity index (χ1n) is 3.96. The standard InChI is InChI=1S/C9H14N2O/c1-9(2,6-10)7-4-3-5-8(12)11-7/h3-5H,6,10H2,1-2H3,(H,11,12). The van der Waals surface area contributed by atoms with Crippen LogP contribution in [0.1, 0.15) is 19.5 Å². The molecule has 0 bridgehead atoms. The molecule has 0 saturated carbocycles. The number of pyridine rings is 1. The van der Waals surface area contributed by atoms with Gasteiger partial charge in [0, 0.05) is 23.7 Å². The lowest BCUT2D eigenvalue weighted by atomic mass is 9.89. The number of aromatic nitrogens is 1. The van der Waals surface area contributed by atoms with E-state index in [1.807, 2.05) is 19.9 Å². The summed E-state index contributed by atoms with van der Waals surface area (Å²) in [6.45, 7) is 4.52. The first-order valence-corrected chi connectivity index (χ1v) is 3.96. The predicted molar refractivity (Wildman–Crippen MR) is 49.1 cm³/mol. The van der Waals surface area contributed by atoms with Crippen LogP contribution in [-0.4, -0.2) is 11.5 Å². The number of rotatable bonds is 2. The lowest BCUT2D eigenvalue weighted by molar-refractivity contribution is 0.520. The summed E-state index contributed by atoms with van der Waals surface area (Å²) in [6, 6.07) is 5.12. The fourth-order valence-corrected chi connectivity index (χ4v) is 0.953. The van der Waals surface area contributed by atoms with Crippen molar-refractivity contribution in [3.05, 3.63) is 34.2 Å². The van der Waals surface area contributed by atoms with Gasteiger partial charge in [0.05, 0.1) is 0 Å². The van der Waals surface area contributed by atoms with E-state index in [1.54, 1.807) is 6.07 Å². The van der Waals surface area contributed by atoms with E-state index < -0.39 is 0 Å². The zero-order valence-corrected chi connectivity index (χ0v) is 7.42. The van der Waals surface area contributed by atoms with E-state index in [0.29, 0.717) is 6.54 Å². The topological polar surface area (TPSA) is 58.9 Å². The smallest absolute Gasteiger partial charge is 0.248 e. The van der Waals surface area contributed by atoms with Gasteiger partial charge >= 0.3 is 0 Å². The average Bonchev–Trinajstić information content (AvgIpc) is 2.05. The molecule has 0 fully saturated rings. The van der Waals surface area contributed by atoms with Gasteiger partial charge in [0.25, 0.3) is 0 Å². The summed E-state index contributed by atoms with van der Waals surface area (Å²) in [5, 5.41) is 0. The van der Waals surface area contributed by atoms with Gasteiger partial charge in [0.1, 0.15) is 0 Å². The lowest BCUT2D eigenvalue weighted by Crippen LogP contribution is -2.30. The molecule has 3 nitrogen and oxygen atoms in total. The summed E-state index contributed by atoms with van der Waals surface area (Å²) in [6.07, 6.45) is 0. The molecule has 1 heterocycles. The molecule has 3 heteroatoms. The van der Waals surface area contributed by atoms with Crippen LogP contribution in [0.5, 0.6) is 0 Å². The Balaban J connectivity index is 3.11. The molecular weight excluding hydrogens is 152 g/mol. The Morgan fingerprint density at radius 1 is 1.50 bits per heavy atom. The zero-order chi connectivity index (χ0) is 9.19. The average molecular weight is 166 g/mol. The number of aromatic amines is 1. The monoisotopic (exact) mass is 166 g/mol. The van der Waals surface area contributed by atoms with E-state index >= 15 is 0 Å². The van der Waals surface area contributed by atoms with Crippen molar-refractivity contribution in [2.45, 2.75) is 19.3 Å².